The largest absolute Gasteiger partial charge is 0.506 e. The smallest absolute Gasteiger partial charge is 0.416 e. The predicted octanol–water partition coefficient (Wildman–Crippen LogP) is 4.81. The molecule has 0 aliphatic heterocycles. The third-order valence-electron chi connectivity index (χ3n) is 4.65. The van der Waals surface area contributed by atoms with Gasteiger partial charge in [0.2, 0.25) is 0 Å². The summed E-state index contributed by atoms with van der Waals surface area (Å²) in [6.45, 7) is 5.71. The second-order valence-corrected chi connectivity index (χ2v) is 7.89. The van der Waals surface area contributed by atoms with Crippen LogP contribution in [0.5, 0.6) is 0 Å². The van der Waals surface area contributed by atoms with Crippen molar-refractivity contribution in [3.8, 4) is 0 Å². The number of benzene rings is 1. The summed E-state index contributed by atoms with van der Waals surface area (Å²) in [5.41, 5.74) is -0.110. The van der Waals surface area contributed by atoms with Gasteiger partial charge in [-0.2, -0.15) is 13.2 Å². The molecule has 1 heterocycles. The Labute approximate surface area is 164 Å². The number of rotatable bonds is 3. The summed E-state index contributed by atoms with van der Waals surface area (Å²) >= 11 is 0. The molecule has 2 aromatic rings. The second kappa shape index (κ2) is 7.06. The van der Waals surface area contributed by atoms with Crippen molar-refractivity contribution in [1.29, 1.82) is 0 Å². The van der Waals surface area contributed by atoms with Crippen LogP contribution in [0.1, 0.15) is 32.8 Å². The lowest BCUT2D eigenvalue weighted by atomic mass is 9.77. The Morgan fingerprint density at radius 3 is 2.45 bits per heavy atom. The molecule has 0 saturated carbocycles. The molecule has 1 aromatic carbocycles. The Bertz CT molecular complexity index is 1060. The Kier molecular flexibility index (Phi) is 5.02. The van der Waals surface area contributed by atoms with E-state index < -0.39 is 23.1 Å². The van der Waals surface area contributed by atoms with E-state index in [1.54, 1.807) is 6.08 Å². The molecule has 0 fully saturated rings. The molecule has 6 nitrogen and oxygen atoms in total. The summed E-state index contributed by atoms with van der Waals surface area (Å²) < 4.78 is 38.9. The number of aliphatic hydroxyl groups is 1. The topological polar surface area (TPSA) is 88.2 Å². The van der Waals surface area contributed by atoms with Gasteiger partial charge in [-0.05, 0) is 41.7 Å². The number of aliphatic hydroxyl groups excluding tert-OH is 1. The molecule has 1 aliphatic rings. The number of nitrogens with zero attached hydrogens (tertiary/aromatic N) is 3. The highest BCUT2D eigenvalue weighted by Crippen LogP contribution is 2.40. The lowest BCUT2D eigenvalue weighted by Crippen LogP contribution is -2.21. The summed E-state index contributed by atoms with van der Waals surface area (Å²) in [5, 5.41) is 28.0. The van der Waals surface area contributed by atoms with Gasteiger partial charge >= 0.3 is 12.1 Å². The third-order valence-corrected chi connectivity index (χ3v) is 4.65. The molecular weight excluding hydrogens is 387 g/mol. The number of hydrogen-bond acceptors (Lipinski definition) is 4. The van der Waals surface area contributed by atoms with Crippen LogP contribution in [-0.4, -0.2) is 31.2 Å². The highest BCUT2D eigenvalue weighted by Gasteiger charge is 2.32. The van der Waals surface area contributed by atoms with E-state index in [1.807, 2.05) is 20.8 Å². The quantitative estimate of drug-likeness (QED) is 0.713. The van der Waals surface area contributed by atoms with Crippen LogP contribution in [0.25, 0.3) is 16.7 Å². The Morgan fingerprint density at radius 2 is 1.86 bits per heavy atom. The average molecular weight is 407 g/mol. The van der Waals surface area contributed by atoms with Crippen molar-refractivity contribution < 1.29 is 28.2 Å². The summed E-state index contributed by atoms with van der Waals surface area (Å²) in [7, 11) is 0. The van der Waals surface area contributed by atoms with Gasteiger partial charge in [0.15, 0.2) is 0 Å². The third kappa shape index (κ3) is 4.33. The van der Waals surface area contributed by atoms with Gasteiger partial charge in [-0.3, -0.25) is 0 Å². The van der Waals surface area contributed by atoms with Crippen LogP contribution >= 0.6 is 0 Å². The fourth-order valence-electron chi connectivity index (χ4n) is 3.18. The van der Waals surface area contributed by atoms with Gasteiger partial charge in [0.05, 0.1) is 5.56 Å². The second-order valence-electron chi connectivity index (χ2n) is 7.89. The van der Waals surface area contributed by atoms with Crippen molar-refractivity contribution in [3.63, 3.8) is 0 Å². The van der Waals surface area contributed by atoms with E-state index >= 15 is 0 Å². The number of carboxylic acids is 1. The van der Waals surface area contributed by atoms with Crippen molar-refractivity contribution in [2.24, 2.45) is 11.3 Å². The minimum Gasteiger partial charge on any atom is -0.506 e. The van der Waals surface area contributed by atoms with Crippen LogP contribution in [0.4, 0.5) is 13.2 Å². The number of carbonyl (C=O) groups is 1. The van der Waals surface area contributed by atoms with Crippen LogP contribution < -0.4 is 0 Å². The van der Waals surface area contributed by atoms with Crippen molar-refractivity contribution in [1.82, 2.24) is 15.0 Å². The Morgan fingerprint density at radius 1 is 1.21 bits per heavy atom. The fourth-order valence-corrected chi connectivity index (χ4v) is 3.18. The lowest BCUT2D eigenvalue weighted by Gasteiger charge is -2.30. The van der Waals surface area contributed by atoms with E-state index in [0.29, 0.717) is 12.0 Å². The molecule has 0 amide bonds. The average Bonchev–Trinajstić information content (AvgIpc) is 3.01. The van der Waals surface area contributed by atoms with E-state index in [0.717, 1.165) is 23.0 Å². The summed E-state index contributed by atoms with van der Waals surface area (Å²) in [5.74, 6) is -1.50. The Hall–Kier alpha value is -3.10. The van der Waals surface area contributed by atoms with Crippen LogP contribution in [0.15, 0.2) is 47.8 Å². The van der Waals surface area contributed by atoms with E-state index in [9.17, 15) is 23.1 Å². The van der Waals surface area contributed by atoms with Gasteiger partial charge < -0.3 is 10.2 Å². The van der Waals surface area contributed by atoms with Crippen molar-refractivity contribution in [3.05, 3.63) is 53.3 Å². The van der Waals surface area contributed by atoms with Gasteiger partial charge in [0.1, 0.15) is 22.5 Å². The van der Waals surface area contributed by atoms with Crippen molar-refractivity contribution in [2.75, 3.05) is 0 Å². The first kappa shape index (κ1) is 20.6. The molecule has 1 aliphatic carbocycles. The van der Waals surface area contributed by atoms with Crippen LogP contribution in [0.3, 0.4) is 0 Å². The molecule has 0 saturated heterocycles. The molecule has 29 heavy (non-hydrogen) atoms. The first-order chi connectivity index (χ1) is 13.4. The highest BCUT2D eigenvalue weighted by atomic mass is 19.4. The van der Waals surface area contributed by atoms with Crippen molar-refractivity contribution >= 4 is 22.7 Å². The van der Waals surface area contributed by atoms with Gasteiger partial charge in [0.25, 0.3) is 0 Å². The fraction of sp³-hybridized carbons (Fsp3) is 0.350. The summed E-state index contributed by atoms with van der Waals surface area (Å²) in [4.78, 5) is 12.0. The zero-order valence-electron chi connectivity index (χ0n) is 16.0. The molecule has 3 rings (SSSR count). The number of aliphatic carboxylic acids is 1. The molecule has 9 heteroatoms. The SMILES string of the molecule is CC(C)(C)C1=C(O)C(n2nc3ccc(C(F)(F)F)cc3n2)=CC(C=CC(=O)O)C1. The number of hydrogen-bond donors (Lipinski definition) is 2. The van der Waals surface area contributed by atoms with E-state index in [1.165, 1.54) is 12.1 Å². The predicted molar refractivity (Wildman–Crippen MR) is 101 cm³/mol. The molecule has 0 radical (unpaired) electrons. The van der Waals surface area contributed by atoms with E-state index in [-0.39, 0.29) is 28.4 Å². The summed E-state index contributed by atoms with van der Waals surface area (Å²) in [6, 6.07) is 3.04. The highest BCUT2D eigenvalue weighted by molar-refractivity contribution is 5.80. The number of aromatic nitrogens is 3. The molecule has 0 spiro atoms. The zero-order chi connectivity index (χ0) is 21.6. The minimum atomic E-state index is -4.50. The number of allylic oxidation sites excluding steroid dienone is 4. The van der Waals surface area contributed by atoms with Gasteiger partial charge in [0, 0.05) is 12.0 Å². The van der Waals surface area contributed by atoms with Crippen LogP contribution in [-0.2, 0) is 11.0 Å². The summed E-state index contributed by atoms with van der Waals surface area (Å²) in [6.07, 6.45) is 0.0149. The van der Waals surface area contributed by atoms with E-state index in [4.69, 9.17) is 5.11 Å². The number of carboxylic acid groups (broad SMARTS) is 1. The normalized spacial score (nSPS) is 18.6. The van der Waals surface area contributed by atoms with Crippen LogP contribution in [0.2, 0.25) is 0 Å². The number of fused-ring (bicyclic) bond motifs is 1. The van der Waals surface area contributed by atoms with Gasteiger partial charge in [-0.1, -0.05) is 26.8 Å². The first-order valence-corrected chi connectivity index (χ1v) is 8.87. The maximum atomic E-state index is 13.0. The van der Waals surface area contributed by atoms with Crippen LogP contribution in [0, 0.1) is 11.3 Å². The van der Waals surface area contributed by atoms with E-state index in [2.05, 4.69) is 10.2 Å². The number of halogens is 3. The Balaban J connectivity index is 2.12. The molecule has 0 bridgehead atoms. The zero-order valence-corrected chi connectivity index (χ0v) is 16.0. The first-order valence-electron chi connectivity index (χ1n) is 8.87. The molecule has 2 N–H and O–H groups in total. The number of alkyl halides is 3. The lowest BCUT2D eigenvalue weighted by molar-refractivity contribution is -0.137. The standard InChI is InChI=1S/C20H20F3N3O3/c1-19(2,3)13-8-11(4-7-17(27)28)9-16(18(13)29)26-24-14-6-5-12(20(21,22)23)10-15(14)25-26/h4-7,9-11,29H,8H2,1-3H3,(H,27,28). The van der Waals surface area contributed by atoms with Crippen molar-refractivity contribution in [2.45, 2.75) is 33.4 Å². The molecule has 1 unspecified atom stereocenters. The van der Waals surface area contributed by atoms with Gasteiger partial charge in [-0.15, -0.1) is 15.0 Å². The minimum absolute atomic E-state index is 0.0361. The monoisotopic (exact) mass is 407 g/mol. The molecule has 154 valence electrons. The molecular formula is C20H20F3N3O3. The molecule has 1 atom stereocenters. The maximum absolute atomic E-state index is 13.0. The molecule has 1 aromatic heterocycles. The van der Waals surface area contributed by atoms with Gasteiger partial charge in [-0.25, -0.2) is 4.79 Å². The maximum Gasteiger partial charge on any atom is 0.416 e.